The topological polar surface area (TPSA) is 85.3 Å². The van der Waals surface area contributed by atoms with Crippen LogP contribution < -0.4 is 14.8 Å². The van der Waals surface area contributed by atoms with Crippen molar-refractivity contribution in [2.24, 2.45) is 5.73 Å². The van der Waals surface area contributed by atoms with Gasteiger partial charge in [0.1, 0.15) is 17.3 Å². The van der Waals surface area contributed by atoms with Crippen molar-refractivity contribution in [1.29, 1.82) is 5.26 Å². The molecule has 5 nitrogen and oxygen atoms in total. The molecule has 1 unspecified atom stereocenters. The Morgan fingerprint density at radius 1 is 0.852 bits per heavy atom. The maximum Gasteiger partial charge on any atom is 0.447 e. The van der Waals surface area contributed by atoms with E-state index in [0.29, 0.717) is 17.1 Å². The molecule has 0 aliphatic heterocycles. The molecule has 3 rings (SSSR count). The van der Waals surface area contributed by atoms with Gasteiger partial charge in [-0.25, -0.2) is 4.57 Å². The average Bonchev–Trinajstić information content (AvgIpc) is 2.70. The van der Waals surface area contributed by atoms with E-state index in [9.17, 15) is 4.57 Å². The Labute approximate surface area is 158 Å². The highest BCUT2D eigenvalue weighted by atomic mass is 31.2. The number of hydrogen-bond donors (Lipinski definition) is 1. The fourth-order valence-corrected chi connectivity index (χ4v) is 4.05. The first-order valence-corrected chi connectivity index (χ1v) is 10.0. The Hall–Kier alpha value is -3.06. The van der Waals surface area contributed by atoms with Crippen LogP contribution in [0.15, 0.2) is 84.9 Å². The molecule has 0 bridgehead atoms. The molecule has 0 heterocycles. The van der Waals surface area contributed by atoms with Gasteiger partial charge in [0.2, 0.25) is 0 Å². The van der Waals surface area contributed by atoms with E-state index in [4.69, 9.17) is 20.0 Å². The quantitative estimate of drug-likeness (QED) is 0.601. The minimum atomic E-state index is -3.73. The second-order valence-corrected chi connectivity index (χ2v) is 8.04. The molecule has 0 aromatic heterocycles. The van der Waals surface area contributed by atoms with E-state index < -0.39 is 13.4 Å². The molecule has 1 atom stereocenters. The van der Waals surface area contributed by atoms with Gasteiger partial charge in [0.05, 0.1) is 11.6 Å². The summed E-state index contributed by atoms with van der Waals surface area (Å²) in [5.74, 6) is -0.0371. The van der Waals surface area contributed by atoms with E-state index in [1.165, 1.54) is 0 Å². The van der Waals surface area contributed by atoms with E-state index in [-0.39, 0.29) is 6.42 Å². The second-order valence-electron chi connectivity index (χ2n) is 5.93. The Balaban J connectivity index is 1.85. The molecule has 0 aliphatic carbocycles. The standard InChI is InChI=1S/C21H19N2O3P/c22-16-18-13-11-17(12-14-18)15-21(23)27(24,25-19-7-3-1-4-8-19)26-20-9-5-2-6-10-20/h1-14,21H,15,23H2. The zero-order chi connectivity index (χ0) is 19.1. The smallest absolute Gasteiger partial charge is 0.415 e. The van der Waals surface area contributed by atoms with Crippen molar-refractivity contribution in [3.63, 3.8) is 0 Å². The lowest BCUT2D eigenvalue weighted by Crippen LogP contribution is -2.28. The van der Waals surface area contributed by atoms with E-state index in [2.05, 4.69) is 6.07 Å². The Kier molecular flexibility index (Phi) is 5.93. The summed E-state index contributed by atoms with van der Waals surface area (Å²) >= 11 is 0. The fraction of sp³-hybridized carbons (Fsp3) is 0.0952. The Morgan fingerprint density at radius 3 is 1.78 bits per heavy atom. The summed E-state index contributed by atoms with van der Waals surface area (Å²) < 4.78 is 25.0. The predicted molar refractivity (Wildman–Crippen MR) is 105 cm³/mol. The Morgan fingerprint density at radius 2 is 1.33 bits per heavy atom. The van der Waals surface area contributed by atoms with Crippen LogP contribution >= 0.6 is 7.60 Å². The van der Waals surface area contributed by atoms with Gasteiger partial charge in [0, 0.05) is 6.42 Å². The van der Waals surface area contributed by atoms with Gasteiger partial charge in [0.25, 0.3) is 0 Å². The summed E-state index contributed by atoms with van der Waals surface area (Å²) in [6.07, 6.45) is 0.280. The van der Waals surface area contributed by atoms with Crippen LogP contribution in [-0.2, 0) is 11.0 Å². The SMILES string of the molecule is N#Cc1ccc(CC(N)P(=O)(Oc2ccccc2)Oc2ccccc2)cc1. The highest BCUT2D eigenvalue weighted by Crippen LogP contribution is 2.51. The molecule has 0 saturated heterocycles. The molecular weight excluding hydrogens is 359 g/mol. The molecule has 0 spiro atoms. The van der Waals surface area contributed by atoms with E-state index >= 15 is 0 Å². The molecule has 0 amide bonds. The summed E-state index contributed by atoms with van der Waals surface area (Å²) in [7, 11) is -3.73. The summed E-state index contributed by atoms with van der Waals surface area (Å²) in [6, 6.07) is 26.7. The van der Waals surface area contributed by atoms with Crippen LogP contribution in [0.1, 0.15) is 11.1 Å². The number of nitrogens with zero attached hydrogens (tertiary/aromatic N) is 1. The third kappa shape index (κ3) is 4.98. The van der Waals surface area contributed by atoms with E-state index in [0.717, 1.165) is 5.56 Å². The maximum absolute atomic E-state index is 13.6. The lowest BCUT2D eigenvalue weighted by atomic mass is 10.1. The largest absolute Gasteiger partial charge is 0.447 e. The zero-order valence-corrected chi connectivity index (χ0v) is 15.5. The van der Waals surface area contributed by atoms with Crippen LogP contribution in [0.2, 0.25) is 0 Å². The molecular formula is C21H19N2O3P. The van der Waals surface area contributed by atoms with Gasteiger partial charge in [-0.3, -0.25) is 0 Å². The van der Waals surface area contributed by atoms with Crippen molar-refractivity contribution < 1.29 is 13.6 Å². The van der Waals surface area contributed by atoms with Gasteiger partial charge in [-0.15, -0.1) is 0 Å². The molecule has 2 N–H and O–H groups in total. The van der Waals surface area contributed by atoms with Crippen molar-refractivity contribution in [2.75, 3.05) is 0 Å². The summed E-state index contributed by atoms with van der Waals surface area (Å²) in [5.41, 5.74) is 7.67. The number of rotatable bonds is 7. The van der Waals surface area contributed by atoms with E-state index in [1.807, 2.05) is 12.1 Å². The lowest BCUT2D eigenvalue weighted by molar-refractivity contribution is 0.371. The van der Waals surface area contributed by atoms with Crippen LogP contribution in [-0.4, -0.2) is 5.78 Å². The first kappa shape index (κ1) is 18.7. The molecule has 136 valence electrons. The lowest BCUT2D eigenvalue weighted by Gasteiger charge is -2.25. The predicted octanol–water partition coefficient (Wildman–Crippen LogP) is 4.74. The monoisotopic (exact) mass is 378 g/mol. The normalized spacial score (nSPS) is 12.0. The summed E-state index contributed by atoms with van der Waals surface area (Å²) in [4.78, 5) is 0. The first-order chi connectivity index (χ1) is 13.1. The van der Waals surface area contributed by atoms with Crippen LogP contribution in [0.5, 0.6) is 11.5 Å². The molecule has 27 heavy (non-hydrogen) atoms. The fourth-order valence-electron chi connectivity index (χ4n) is 2.48. The van der Waals surface area contributed by atoms with Crippen molar-refractivity contribution in [2.45, 2.75) is 12.2 Å². The highest BCUT2D eigenvalue weighted by Gasteiger charge is 2.37. The molecule has 0 aliphatic rings. The molecule has 0 radical (unpaired) electrons. The number of hydrogen-bond acceptors (Lipinski definition) is 5. The minimum absolute atomic E-state index is 0.280. The molecule has 3 aromatic rings. The van der Waals surface area contributed by atoms with Gasteiger partial charge in [-0.2, -0.15) is 5.26 Å². The number of nitriles is 1. The maximum atomic E-state index is 13.6. The Bertz CT molecular complexity index is 909. The first-order valence-electron chi connectivity index (χ1n) is 8.43. The number of nitrogens with two attached hydrogens (primary N) is 1. The number of para-hydroxylation sites is 2. The van der Waals surface area contributed by atoms with E-state index in [1.54, 1.807) is 72.8 Å². The molecule has 3 aromatic carbocycles. The highest BCUT2D eigenvalue weighted by molar-refractivity contribution is 7.55. The zero-order valence-electron chi connectivity index (χ0n) is 14.6. The van der Waals surface area contributed by atoms with Crippen molar-refractivity contribution >= 4 is 7.60 Å². The van der Waals surface area contributed by atoms with Crippen molar-refractivity contribution in [1.82, 2.24) is 0 Å². The minimum Gasteiger partial charge on any atom is -0.415 e. The molecule has 0 saturated carbocycles. The van der Waals surface area contributed by atoms with Gasteiger partial charge in [-0.1, -0.05) is 48.5 Å². The van der Waals surface area contributed by atoms with Gasteiger partial charge in [-0.05, 0) is 42.0 Å². The summed E-state index contributed by atoms with van der Waals surface area (Å²) in [5, 5.41) is 8.91. The third-order valence-corrected chi connectivity index (χ3v) is 5.81. The van der Waals surface area contributed by atoms with Crippen LogP contribution in [0.3, 0.4) is 0 Å². The van der Waals surface area contributed by atoms with Gasteiger partial charge >= 0.3 is 7.60 Å². The average molecular weight is 378 g/mol. The third-order valence-electron chi connectivity index (χ3n) is 3.89. The number of benzene rings is 3. The van der Waals surface area contributed by atoms with Crippen LogP contribution in [0, 0.1) is 11.3 Å². The van der Waals surface area contributed by atoms with Crippen molar-refractivity contribution in [3.05, 3.63) is 96.1 Å². The van der Waals surface area contributed by atoms with Gasteiger partial charge in [0.15, 0.2) is 0 Å². The van der Waals surface area contributed by atoms with Crippen molar-refractivity contribution in [3.8, 4) is 17.6 Å². The van der Waals surface area contributed by atoms with Crippen LogP contribution in [0.4, 0.5) is 0 Å². The second kappa shape index (κ2) is 8.55. The summed E-state index contributed by atoms with van der Waals surface area (Å²) in [6.45, 7) is 0. The van der Waals surface area contributed by atoms with Crippen LogP contribution in [0.25, 0.3) is 0 Å². The molecule has 0 fully saturated rings. The van der Waals surface area contributed by atoms with Gasteiger partial charge < -0.3 is 14.8 Å². The molecule has 6 heteroatoms.